The molecule has 1 heterocycles. The Balaban J connectivity index is 1.76. The van der Waals surface area contributed by atoms with E-state index in [1.807, 2.05) is 30.3 Å². The normalized spacial score (nSPS) is 18.5. The van der Waals surface area contributed by atoms with Gasteiger partial charge in [0.25, 0.3) is 0 Å². The molecule has 3 aromatic carbocycles. The number of rotatable bonds is 6. The Morgan fingerprint density at radius 2 is 1.60 bits per heavy atom. The second-order valence-electron chi connectivity index (χ2n) is 7.98. The largest absolute Gasteiger partial charge is 0.482 e. The average Bonchev–Trinajstić information content (AvgIpc) is 3.13. The highest BCUT2D eigenvalue weighted by Crippen LogP contribution is 2.43. The van der Waals surface area contributed by atoms with E-state index < -0.39 is 0 Å². The summed E-state index contributed by atoms with van der Waals surface area (Å²) in [5, 5.41) is 0.272. The molecule has 0 radical (unpaired) electrons. The maximum Gasteiger partial charge on any atom is 0.151 e. The summed E-state index contributed by atoms with van der Waals surface area (Å²) in [5.41, 5.74) is 5.24. The van der Waals surface area contributed by atoms with Crippen LogP contribution in [-0.4, -0.2) is 11.8 Å². The molecule has 0 N–H and O–H groups in total. The topological polar surface area (TPSA) is 21.6 Å². The van der Waals surface area contributed by atoms with E-state index in [9.17, 15) is 0 Å². The molecule has 1 aliphatic rings. The first-order valence-electron chi connectivity index (χ1n) is 10.4. The molecule has 0 spiro atoms. The van der Waals surface area contributed by atoms with Crippen LogP contribution in [-0.2, 0) is 5.41 Å². The second kappa shape index (κ2) is 8.49. The number of ether oxygens (including phenoxy) is 1. The first-order chi connectivity index (χ1) is 14.5. The molecule has 0 saturated carbocycles. The predicted molar refractivity (Wildman–Crippen MR) is 127 cm³/mol. The summed E-state index contributed by atoms with van der Waals surface area (Å²) < 4.78 is 6.48. The Morgan fingerprint density at radius 1 is 0.967 bits per heavy atom. The first-order valence-corrected chi connectivity index (χ1v) is 10.8. The molecule has 0 bridgehead atoms. The molecule has 3 aromatic rings. The Kier molecular flexibility index (Phi) is 5.78. The molecule has 0 aromatic heterocycles. The van der Waals surface area contributed by atoms with Crippen LogP contribution in [0.4, 0.5) is 0 Å². The van der Waals surface area contributed by atoms with E-state index in [0.29, 0.717) is 0 Å². The average molecular weight is 416 g/mol. The summed E-state index contributed by atoms with van der Waals surface area (Å²) in [6.07, 6.45) is 1.76. The zero-order valence-corrected chi connectivity index (χ0v) is 18.2. The smallest absolute Gasteiger partial charge is 0.151 e. The number of aliphatic imine (C=N–C) groups is 1. The number of fused-ring (bicyclic) bond motifs is 1. The van der Waals surface area contributed by atoms with Crippen LogP contribution in [0.5, 0.6) is 5.75 Å². The van der Waals surface area contributed by atoms with Gasteiger partial charge >= 0.3 is 0 Å². The van der Waals surface area contributed by atoms with Crippen molar-refractivity contribution in [2.24, 2.45) is 4.99 Å². The highest BCUT2D eigenvalue weighted by Gasteiger charge is 2.45. The SMILES string of the molecule is C=C(Cl)N=C1c2ccccc2OC1C(C)(CCC)c1ccc(-c2ccccc2)cc1. The van der Waals surface area contributed by atoms with Crippen molar-refractivity contribution in [1.29, 1.82) is 0 Å². The maximum absolute atomic E-state index is 6.48. The number of benzene rings is 3. The van der Waals surface area contributed by atoms with E-state index in [-0.39, 0.29) is 16.7 Å². The van der Waals surface area contributed by atoms with Crippen molar-refractivity contribution < 1.29 is 4.74 Å². The molecule has 2 unspecified atom stereocenters. The lowest BCUT2D eigenvalue weighted by Gasteiger charge is -2.35. The number of hydrogen-bond donors (Lipinski definition) is 0. The summed E-state index contributed by atoms with van der Waals surface area (Å²) in [5.74, 6) is 0.849. The van der Waals surface area contributed by atoms with Gasteiger partial charge in [-0.05, 0) is 35.2 Å². The molecule has 4 rings (SSSR count). The van der Waals surface area contributed by atoms with Crippen molar-refractivity contribution in [3.8, 4) is 16.9 Å². The van der Waals surface area contributed by atoms with Crippen LogP contribution in [0.2, 0.25) is 0 Å². The molecule has 1 aliphatic heterocycles. The van der Waals surface area contributed by atoms with Crippen LogP contribution in [0.1, 0.15) is 37.8 Å². The van der Waals surface area contributed by atoms with Gasteiger partial charge in [-0.2, -0.15) is 0 Å². The molecular weight excluding hydrogens is 390 g/mol. The van der Waals surface area contributed by atoms with Crippen molar-refractivity contribution in [3.63, 3.8) is 0 Å². The third-order valence-electron chi connectivity index (χ3n) is 5.90. The zero-order chi connectivity index (χ0) is 21.1. The first kappa shape index (κ1) is 20.4. The van der Waals surface area contributed by atoms with E-state index in [4.69, 9.17) is 16.3 Å². The number of nitrogens with zero attached hydrogens (tertiary/aromatic N) is 1. The van der Waals surface area contributed by atoms with Crippen molar-refractivity contribution in [1.82, 2.24) is 0 Å². The second-order valence-corrected chi connectivity index (χ2v) is 8.41. The minimum absolute atomic E-state index is 0.229. The molecular formula is C27H26ClNO. The van der Waals surface area contributed by atoms with Crippen molar-refractivity contribution in [3.05, 3.63) is 102 Å². The van der Waals surface area contributed by atoms with Gasteiger partial charge in [0.2, 0.25) is 0 Å². The van der Waals surface area contributed by atoms with Crippen LogP contribution in [0.3, 0.4) is 0 Å². The van der Waals surface area contributed by atoms with E-state index in [2.05, 4.69) is 73.9 Å². The highest BCUT2D eigenvalue weighted by atomic mass is 35.5. The fourth-order valence-electron chi connectivity index (χ4n) is 4.41. The molecule has 2 nitrogen and oxygen atoms in total. The minimum Gasteiger partial charge on any atom is -0.482 e. The van der Waals surface area contributed by atoms with Gasteiger partial charge in [-0.3, -0.25) is 0 Å². The number of halogens is 1. The van der Waals surface area contributed by atoms with E-state index in [1.54, 1.807) is 0 Å². The third kappa shape index (κ3) is 3.80. The van der Waals surface area contributed by atoms with Crippen molar-refractivity contribution in [2.45, 2.75) is 38.2 Å². The minimum atomic E-state index is -0.256. The molecule has 0 aliphatic carbocycles. The third-order valence-corrected chi connectivity index (χ3v) is 5.98. The van der Waals surface area contributed by atoms with Gasteiger partial charge in [0.05, 0.1) is 5.71 Å². The predicted octanol–water partition coefficient (Wildman–Crippen LogP) is 7.37. The summed E-state index contributed by atoms with van der Waals surface area (Å²) in [6, 6.07) is 27.3. The summed E-state index contributed by atoms with van der Waals surface area (Å²) in [4.78, 5) is 4.60. The maximum atomic E-state index is 6.48. The molecule has 0 fully saturated rings. The van der Waals surface area contributed by atoms with Crippen LogP contribution >= 0.6 is 11.6 Å². The lowest BCUT2D eigenvalue weighted by Crippen LogP contribution is -2.43. The van der Waals surface area contributed by atoms with Crippen LogP contribution in [0, 0.1) is 0 Å². The molecule has 3 heteroatoms. The van der Waals surface area contributed by atoms with Gasteiger partial charge < -0.3 is 4.74 Å². The summed E-state index contributed by atoms with van der Waals surface area (Å²) in [6.45, 7) is 8.26. The van der Waals surface area contributed by atoms with E-state index >= 15 is 0 Å². The fraction of sp³-hybridized carbons (Fsp3) is 0.222. The molecule has 30 heavy (non-hydrogen) atoms. The summed E-state index contributed by atoms with van der Waals surface area (Å²) in [7, 11) is 0. The Labute approximate surface area is 183 Å². The number of para-hydroxylation sites is 1. The van der Waals surface area contributed by atoms with Crippen LogP contribution in [0.15, 0.2) is 95.6 Å². The van der Waals surface area contributed by atoms with Gasteiger partial charge in [0.1, 0.15) is 10.9 Å². The van der Waals surface area contributed by atoms with Gasteiger partial charge in [0.15, 0.2) is 6.10 Å². The zero-order valence-electron chi connectivity index (χ0n) is 17.4. The van der Waals surface area contributed by atoms with Gasteiger partial charge in [-0.1, -0.05) is 105 Å². The molecule has 0 amide bonds. The quantitative estimate of drug-likeness (QED) is 0.385. The van der Waals surface area contributed by atoms with Gasteiger partial charge in [-0.15, -0.1) is 0 Å². The Hall–Kier alpha value is -2.84. The highest BCUT2D eigenvalue weighted by molar-refractivity contribution is 6.30. The Morgan fingerprint density at radius 3 is 2.27 bits per heavy atom. The van der Waals surface area contributed by atoms with E-state index in [0.717, 1.165) is 29.9 Å². The monoisotopic (exact) mass is 415 g/mol. The number of hydrogen-bond acceptors (Lipinski definition) is 2. The lowest BCUT2D eigenvalue weighted by atomic mass is 9.72. The van der Waals surface area contributed by atoms with E-state index in [1.165, 1.54) is 16.7 Å². The molecule has 0 saturated heterocycles. The van der Waals surface area contributed by atoms with Crippen molar-refractivity contribution in [2.75, 3.05) is 0 Å². The van der Waals surface area contributed by atoms with Gasteiger partial charge in [0, 0.05) is 11.0 Å². The van der Waals surface area contributed by atoms with Crippen LogP contribution in [0.25, 0.3) is 11.1 Å². The van der Waals surface area contributed by atoms with Crippen LogP contribution < -0.4 is 4.74 Å². The van der Waals surface area contributed by atoms with Gasteiger partial charge in [-0.25, -0.2) is 4.99 Å². The summed E-state index contributed by atoms with van der Waals surface area (Å²) >= 11 is 6.11. The molecule has 2 atom stereocenters. The Bertz CT molecular complexity index is 1070. The standard InChI is InChI=1S/C27H26ClNO/c1-4-18-27(3,22-16-14-21(15-17-22)20-10-6-5-7-11-20)26-25(29-19(2)28)23-12-8-9-13-24(23)30-26/h5-17,26H,2,4,18H2,1,3H3. The molecule has 152 valence electrons. The fourth-order valence-corrected chi connectivity index (χ4v) is 4.50. The lowest BCUT2D eigenvalue weighted by molar-refractivity contribution is 0.177. The van der Waals surface area contributed by atoms with Crippen molar-refractivity contribution >= 4 is 17.3 Å².